The van der Waals surface area contributed by atoms with Gasteiger partial charge in [-0.15, -0.1) is 0 Å². The first-order valence-corrected chi connectivity index (χ1v) is 6.94. The molecule has 2 aromatic heterocycles. The normalized spacial score (nSPS) is 11.8. The number of benzene rings is 1. The van der Waals surface area contributed by atoms with Gasteiger partial charge >= 0.3 is 0 Å². The summed E-state index contributed by atoms with van der Waals surface area (Å²) in [6, 6.07) is 14.8. The second-order valence-corrected chi connectivity index (χ2v) is 5.22. The van der Waals surface area contributed by atoms with E-state index in [0.29, 0.717) is 16.4 Å². The number of hydrogen-bond acceptors (Lipinski definition) is 2. The molecule has 3 nitrogen and oxygen atoms in total. The van der Waals surface area contributed by atoms with Crippen LogP contribution in [-0.2, 0) is 0 Å². The number of nitrogens with zero attached hydrogens (tertiary/aromatic N) is 2. The third-order valence-corrected chi connectivity index (χ3v) is 3.49. The minimum absolute atomic E-state index is 0.147. The first kappa shape index (κ1) is 13.6. The average molecular weight is 297 g/mol. The molecule has 21 heavy (non-hydrogen) atoms. The minimum atomic E-state index is -0.147. The second-order valence-electron chi connectivity index (χ2n) is 4.81. The minimum Gasteiger partial charge on any atom is -0.269 e. The Labute approximate surface area is 127 Å². The zero-order valence-corrected chi connectivity index (χ0v) is 12.2. The van der Waals surface area contributed by atoms with Crippen molar-refractivity contribution in [3.8, 4) is 0 Å². The third-order valence-electron chi connectivity index (χ3n) is 3.19. The van der Waals surface area contributed by atoms with E-state index in [1.54, 1.807) is 18.3 Å². The molecule has 0 aliphatic rings. The monoisotopic (exact) mass is 296 g/mol. The molecule has 0 spiro atoms. The summed E-state index contributed by atoms with van der Waals surface area (Å²) in [4.78, 5) is 16.5. The smallest absolute Gasteiger partial charge is 0.258 e. The lowest BCUT2D eigenvalue weighted by atomic mass is 10.1. The van der Waals surface area contributed by atoms with E-state index in [-0.39, 0.29) is 5.56 Å². The molecule has 0 aliphatic heterocycles. The van der Waals surface area contributed by atoms with Crippen LogP contribution >= 0.6 is 11.6 Å². The number of aryl methyl sites for hydroxylation is 1. The quantitative estimate of drug-likeness (QED) is 0.722. The standard InChI is InChI=1S/C17H13ClN2O/c1-12-5-7-13(8-6-12)10-14(18)15-11-17(21)20-9-3-2-4-16(20)19-15/h2-11H,1H3. The van der Waals surface area contributed by atoms with Crippen LogP contribution in [0.4, 0.5) is 0 Å². The molecule has 0 fully saturated rings. The molecule has 0 N–H and O–H groups in total. The highest BCUT2D eigenvalue weighted by atomic mass is 35.5. The number of halogens is 1. The van der Waals surface area contributed by atoms with Crippen LogP contribution in [0.5, 0.6) is 0 Å². The Kier molecular flexibility index (Phi) is 3.59. The molecule has 0 aliphatic carbocycles. The SMILES string of the molecule is Cc1ccc(C=C(Cl)c2cc(=O)n3ccccc3n2)cc1. The Morgan fingerprint density at radius 2 is 1.95 bits per heavy atom. The largest absolute Gasteiger partial charge is 0.269 e. The third kappa shape index (κ3) is 2.88. The highest BCUT2D eigenvalue weighted by molar-refractivity contribution is 6.51. The topological polar surface area (TPSA) is 34.4 Å². The fourth-order valence-corrected chi connectivity index (χ4v) is 2.28. The number of hydrogen-bond donors (Lipinski definition) is 0. The van der Waals surface area contributed by atoms with E-state index in [1.807, 2.05) is 43.3 Å². The maximum atomic E-state index is 12.0. The fourth-order valence-electron chi connectivity index (χ4n) is 2.06. The molecule has 4 heteroatoms. The van der Waals surface area contributed by atoms with Gasteiger partial charge in [-0.25, -0.2) is 4.98 Å². The van der Waals surface area contributed by atoms with Crippen LogP contribution < -0.4 is 5.56 Å². The first-order valence-electron chi connectivity index (χ1n) is 6.56. The van der Waals surface area contributed by atoms with Gasteiger partial charge in [0.1, 0.15) is 5.65 Å². The van der Waals surface area contributed by atoms with Crippen LogP contribution in [0.1, 0.15) is 16.8 Å². The van der Waals surface area contributed by atoms with Gasteiger partial charge in [0.2, 0.25) is 0 Å². The predicted molar refractivity (Wildman–Crippen MR) is 86.4 cm³/mol. The highest BCUT2D eigenvalue weighted by Gasteiger charge is 2.05. The van der Waals surface area contributed by atoms with E-state index in [4.69, 9.17) is 11.6 Å². The number of rotatable bonds is 2. The number of aromatic nitrogens is 2. The van der Waals surface area contributed by atoms with Gasteiger partial charge in [0.25, 0.3) is 5.56 Å². The highest BCUT2D eigenvalue weighted by Crippen LogP contribution is 2.20. The van der Waals surface area contributed by atoms with Crippen molar-refractivity contribution in [3.63, 3.8) is 0 Å². The molecule has 0 radical (unpaired) electrons. The van der Waals surface area contributed by atoms with Crippen molar-refractivity contribution in [3.05, 3.63) is 81.9 Å². The summed E-state index contributed by atoms with van der Waals surface area (Å²) in [6.07, 6.45) is 3.49. The Morgan fingerprint density at radius 3 is 2.71 bits per heavy atom. The summed E-state index contributed by atoms with van der Waals surface area (Å²) < 4.78 is 1.49. The van der Waals surface area contributed by atoms with Gasteiger partial charge in [-0.05, 0) is 30.7 Å². The van der Waals surface area contributed by atoms with Gasteiger partial charge in [0.15, 0.2) is 0 Å². The molecular formula is C17H13ClN2O. The van der Waals surface area contributed by atoms with Crippen LogP contribution in [0.25, 0.3) is 16.8 Å². The number of pyridine rings is 1. The van der Waals surface area contributed by atoms with Crippen molar-refractivity contribution in [1.29, 1.82) is 0 Å². The zero-order chi connectivity index (χ0) is 14.8. The fraction of sp³-hybridized carbons (Fsp3) is 0.0588. The molecule has 0 saturated heterocycles. The second kappa shape index (κ2) is 5.54. The van der Waals surface area contributed by atoms with Gasteiger partial charge in [-0.3, -0.25) is 9.20 Å². The van der Waals surface area contributed by atoms with Crippen LogP contribution in [0.2, 0.25) is 0 Å². The summed E-state index contributed by atoms with van der Waals surface area (Å²) in [5.41, 5.74) is 3.07. The van der Waals surface area contributed by atoms with Gasteiger partial charge < -0.3 is 0 Å². The average Bonchev–Trinajstić information content (AvgIpc) is 2.49. The molecule has 0 bridgehead atoms. The van der Waals surface area contributed by atoms with Crippen LogP contribution in [0, 0.1) is 6.92 Å². The van der Waals surface area contributed by atoms with Crippen LogP contribution in [0.3, 0.4) is 0 Å². The molecule has 2 heterocycles. The van der Waals surface area contributed by atoms with Gasteiger partial charge in [-0.1, -0.05) is 47.5 Å². The van der Waals surface area contributed by atoms with Gasteiger partial charge in [0.05, 0.1) is 10.7 Å². The maximum Gasteiger partial charge on any atom is 0.258 e. The lowest BCUT2D eigenvalue weighted by Gasteiger charge is -2.03. The van der Waals surface area contributed by atoms with E-state index in [9.17, 15) is 4.79 Å². The molecule has 3 aromatic rings. The van der Waals surface area contributed by atoms with Crippen molar-refractivity contribution in [2.45, 2.75) is 6.92 Å². The van der Waals surface area contributed by atoms with Crippen molar-refractivity contribution in [2.24, 2.45) is 0 Å². The molecule has 0 atom stereocenters. The summed E-state index contributed by atoms with van der Waals surface area (Å²) in [6.45, 7) is 2.03. The van der Waals surface area contributed by atoms with E-state index >= 15 is 0 Å². The summed E-state index contributed by atoms with van der Waals surface area (Å²) in [5, 5.41) is 0.447. The zero-order valence-electron chi connectivity index (χ0n) is 11.5. The molecule has 0 amide bonds. The van der Waals surface area contributed by atoms with Crippen molar-refractivity contribution in [2.75, 3.05) is 0 Å². The van der Waals surface area contributed by atoms with Gasteiger partial charge in [0, 0.05) is 12.3 Å². The summed E-state index contributed by atoms with van der Waals surface area (Å²) in [5.74, 6) is 0. The van der Waals surface area contributed by atoms with E-state index in [2.05, 4.69) is 4.98 Å². The Morgan fingerprint density at radius 1 is 1.19 bits per heavy atom. The molecule has 0 saturated carbocycles. The van der Waals surface area contributed by atoms with Crippen molar-refractivity contribution in [1.82, 2.24) is 9.38 Å². The van der Waals surface area contributed by atoms with Crippen molar-refractivity contribution < 1.29 is 0 Å². The summed E-state index contributed by atoms with van der Waals surface area (Å²) in [7, 11) is 0. The van der Waals surface area contributed by atoms with E-state index in [1.165, 1.54) is 16.0 Å². The van der Waals surface area contributed by atoms with E-state index in [0.717, 1.165) is 5.56 Å². The van der Waals surface area contributed by atoms with Crippen LogP contribution in [0.15, 0.2) is 59.5 Å². The maximum absolute atomic E-state index is 12.0. The molecule has 3 rings (SSSR count). The predicted octanol–water partition coefficient (Wildman–Crippen LogP) is 3.74. The lowest BCUT2D eigenvalue weighted by molar-refractivity contribution is 1.04. The molecular weight excluding hydrogens is 284 g/mol. The molecule has 0 unspecified atom stereocenters. The van der Waals surface area contributed by atoms with Crippen molar-refractivity contribution >= 4 is 28.4 Å². The Bertz CT molecular complexity index is 879. The Hall–Kier alpha value is -2.39. The first-order chi connectivity index (χ1) is 10.1. The lowest BCUT2D eigenvalue weighted by Crippen LogP contribution is -2.14. The molecule has 1 aromatic carbocycles. The molecule has 104 valence electrons. The summed E-state index contributed by atoms with van der Waals surface area (Å²) >= 11 is 6.30. The van der Waals surface area contributed by atoms with Gasteiger partial charge in [-0.2, -0.15) is 0 Å². The number of fused-ring (bicyclic) bond motifs is 1. The van der Waals surface area contributed by atoms with Crippen LogP contribution in [-0.4, -0.2) is 9.38 Å². The van der Waals surface area contributed by atoms with E-state index < -0.39 is 0 Å². The Balaban J connectivity index is 2.07.